The molecule has 1 heterocycles. The van der Waals surface area contributed by atoms with Crippen LogP contribution in [0.5, 0.6) is 0 Å². The lowest BCUT2D eigenvalue weighted by Crippen LogP contribution is -2.55. The summed E-state index contributed by atoms with van der Waals surface area (Å²) in [6.07, 6.45) is 1.26. The van der Waals surface area contributed by atoms with E-state index in [4.69, 9.17) is 4.74 Å². The van der Waals surface area contributed by atoms with E-state index in [1.54, 1.807) is 0 Å². The Morgan fingerprint density at radius 3 is 2.54 bits per heavy atom. The first-order valence-corrected chi connectivity index (χ1v) is 9.05. The van der Waals surface area contributed by atoms with Crippen molar-refractivity contribution in [3.8, 4) is 0 Å². The quantitative estimate of drug-likeness (QED) is 0.749. The summed E-state index contributed by atoms with van der Waals surface area (Å²) in [5.74, 6) is 0.147. The van der Waals surface area contributed by atoms with Crippen molar-refractivity contribution in [2.24, 2.45) is 5.92 Å². The highest BCUT2D eigenvalue weighted by molar-refractivity contribution is 5.69. The first kappa shape index (κ1) is 18.9. The van der Waals surface area contributed by atoms with Crippen LogP contribution in [0.1, 0.15) is 39.2 Å². The van der Waals surface area contributed by atoms with Gasteiger partial charge in [0.1, 0.15) is 5.60 Å². The van der Waals surface area contributed by atoms with Crippen LogP contribution in [-0.2, 0) is 15.1 Å². The average molecular weight is 332 g/mol. The van der Waals surface area contributed by atoms with E-state index >= 15 is 0 Å². The number of hydrogen-bond donors (Lipinski definition) is 0. The summed E-state index contributed by atoms with van der Waals surface area (Å²) in [7, 11) is 4.21. The molecule has 1 fully saturated rings. The largest absolute Gasteiger partial charge is 0.454 e. The molecule has 0 N–H and O–H groups in total. The van der Waals surface area contributed by atoms with Gasteiger partial charge < -0.3 is 9.64 Å². The molecule has 0 aliphatic carbocycles. The SMILES string of the molecule is CCC(=O)OC1(c2ccccc2)CC(C)N(CCN(C)C)CC1C. The number of benzene rings is 1. The summed E-state index contributed by atoms with van der Waals surface area (Å²) in [5, 5.41) is 0. The van der Waals surface area contributed by atoms with Gasteiger partial charge in [0.15, 0.2) is 0 Å². The zero-order valence-electron chi connectivity index (χ0n) is 15.8. The van der Waals surface area contributed by atoms with E-state index in [-0.39, 0.29) is 11.9 Å². The van der Waals surface area contributed by atoms with Crippen molar-refractivity contribution >= 4 is 5.97 Å². The van der Waals surface area contributed by atoms with Crippen molar-refractivity contribution in [1.82, 2.24) is 9.80 Å². The highest BCUT2D eigenvalue weighted by atomic mass is 16.6. The summed E-state index contributed by atoms with van der Waals surface area (Å²) in [4.78, 5) is 16.9. The van der Waals surface area contributed by atoms with Gasteiger partial charge in [-0.05, 0) is 26.6 Å². The number of hydrogen-bond acceptors (Lipinski definition) is 4. The molecule has 134 valence electrons. The smallest absolute Gasteiger partial charge is 0.306 e. The molecule has 1 aliphatic rings. The molecule has 1 aliphatic heterocycles. The van der Waals surface area contributed by atoms with Crippen molar-refractivity contribution in [2.45, 2.75) is 45.3 Å². The van der Waals surface area contributed by atoms with Crippen LogP contribution >= 0.6 is 0 Å². The third-order valence-corrected chi connectivity index (χ3v) is 5.21. The van der Waals surface area contributed by atoms with Crippen LogP contribution in [0.2, 0.25) is 0 Å². The van der Waals surface area contributed by atoms with Gasteiger partial charge in [0.05, 0.1) is 0 Å². The fraction of sp³-hybridized carbons (Fsp3) is 0.650. The van der Waals surface area contributed by atoms with Crippen LogP contribution in [0.4, 0.5) is 0 Å². The van der Waals surface area contributed by atoms with E-state index in [0.717, 1.165) is 31.6 Å². The number of nitrogens with zero attached hydrogens (tertiary/aromatic N) is 2. The summed E-state index contributed by atoms with van der Waals surface area (Å²) in [5.41, 5.74) is 0.612. The third kappa shape index (κ3) is 4.17. The van der Waals surface area contributed by atoms with E-state index in [2.05, 4.69) is 49.9 Å². The molecule has 1 aromatic rings. The van der Waals surface area contributed by atoms with Gasteiger partial charge >= 0.3 is 5.97 Å². The predicted octanol–water partition coefficient (Wildman–Crippen LogP) is 3.13. The number of rotatable bonds is 6. The topological polar surface area (TPSA) is 32.8 Å². The van der Waals surface area contributed by atoms with E-state index in [9.17, 15) is 4.79 Å². The van der Waals surface area contributed by atoms with Crippen molar-refractivity contribution in [2.75, 3.05) is 33.7 Å². The minimum absolute atomic E-state index is 0.111. The molecule has 0 saturated carbocycles. The Morgan fingerprint density at radius 2 is 1.96 bits per heavy atom. The van der Waals surface area contributed by atoms with E-state index in [1.165, 1.54) is 0 Å². The first-order chi connectivity index (χ1) is 11.4. The molecule has 0 spiro atoms. The molecule has 0 aromatic heterocycles. The number of carbonyl (C=O) groups is 1. The fourth-order valence-electron chi connectivity index (χ4n) is 3.69. The monoisotopic (exact) mass is 332 g/mol. The number of likely N-dealkylation sites (tertiary alicyclic amines) is 1. The van der Waals surface area contributed by atoms with Crippen LogP contribution in [0.15, 0.2) is 30.3 Å². The van der Waals surface area contributed by atoms with Crippen LogP contribution in [0.3, 0.4) is 0 Å². The fourth-order valence-corrected chi connectivity index (χ4v) is 3.69. The van der Waals surface area contributed by atoms with E-state index in [0.29, 0.717) is 12.5 Å². The van der Waals surface area contributed by atoms with Crippen LogP contribution in [0, 0.1) is 5.92 Å². The standard InChI is InChI=1S/C20H32N2O2/c1-6-19(23)24-20(18-10-8-7-9-11-18)14-17(3)22(15-16(20)2)13-12-21(4)5/h7-11,16-17H,6,12-15H2,1-5H3. The Kier molecular flexibility index (Phi) is 6.41. The molecule has 4 nitrogen and oxygen atoms in total. The molecule has 0 radical (unpaired) electrons. The Bertz CT molecular complexity index is 532. The minimum Gasteiger partial charge on any atom is -0.454 e. The molecule has 2 rings (SSSR count). The number of piperidine rings is 1. The maximum absolute atomic E-state index is 12.2. The average Bonchev–Trinajstić information content (AvgIpc) is 2.57. The second-order valence-electron chi connectivity index (χ2n) is 7.34. The molecule has 1 aromatic carbocycles. The van der Waals surface area contributed by atoms with Gasteiger partial charge in [0, 0.05) is 44.4 Å². The molecule has 24 heavy (non-hydrogen) atoms. The highest BCUT2D eigenvalue weighted by Crippen LogP contribution is 2.43. The summed E-state index contributed by atoms with van der Waals surface area (Å²) in [6.45, 7) is 9.36. The normalized spacial score (nSPS) is 28.1. The van der Waals surface area contributed by atoms with Gasteiger partial charge in [0.2, 0.25) is 0 Å². The number of carbonyl (C=O) groups excluding carboxylic acids is 1. The molecule has 3 atom stereocenters. The molecular formula is C20H32N2O2. The summed E-state index contributed by atoms with van der Waals surface area (Å²) >= 11 is 0. The van der Waals surface area contributed by atoms with Gasteiger partial charge in [0.25, 0.3) is 0 Å². The maximum Gasteiger partial charge on any atom is 0.306 e. The predicted molar refractivity (Wildman–Crippen MR) is 97.9 cm³/mol. The van der Waals surface area contributed by atoms with Gasteiger partial charge in [-0.1, -0.05) is 44.2 Å². The number of likely N-dealkylation sites (N-methyl/N-ethyl adjacent to an activating group) is 1. The van der Waals surface area contributed by atoms with Crippen LogP contribution in [0.25, 0.3) is 0 Å². The second kappa shape index (κ2) is 8.13. The van der Waals surface area contributed by atoms with Gasteiger partial charge in [-0.15, -0.1) is 0 Å². The van der Waals surface area contributed by atoms with Gasteiger partial charge in [-0.3, -0.25) is 9.69 Å². The highest BCUT2D eigenvalue weighted by Gasteiger charge is 2.47. The zero-order chi connectivity index (χ0) is 17.7. The molecule has 3 unspecified atom stereocenters. The molecule has 0 amide bonds. The van der Waals surface area contributed by atoms with Gasteiger partial charge in [-0.25, -0.2) is 0 Å². The van der Waals surface area contributed by atoms with Crippen LogP contribution in [-0.4, -0.2) is 55.5 Å². The Labute approximate surface area is 146 Å². The Hall–Kier alpha value is -1.39. The maximum atomic E-state index is 12.2. The van der Waals surface area contributed by atoms with Crippen molar-refractivity contribution in [1.29, 1.82) is 0 Å². The summed E-state index contributed by atoms with van der Waals surface area (Å²) in [6, 6.07) is 10.7. The molecular weight excluding hydrogens is 300 g/mol. The van der Waals surface area contributed by atoms with E-state index < -0.39 is 5.60 Å². The third-order valence-electron chi connectivity index (χ3n) is 5.21. The molecule has 1 saturated heterocycles. The summed E-state index contributed by atoms with van der Waals surface area (Å²) < 4.78 is 6.09. The number of esters is 1. The Balaban J connectivity index is 2.26. The van der Waals surface area contributed by atoms with Crippen molar-refractivity contribution < 1.29 is 9.53 Å². The minimum atomic E-state index is -0.512. The zero-order valence-corrected chi connectivity index (χ0v) is 15.8. The van der Waals surface area contributed by atoms with Crippen molar-refractivity contribution in [3.05, 3.63) is 35.9 Å². The van der Waals surface area contributed by atoms with E-state index in [1.807, 2.05) is 25.1 Å². The second-order valence-corrected chi connectivity index (χ2v) is 7.34. The van der Waals surface area contributed by atoms with Crippen molar-refractivity contribution in [3.63, 3.8) is 0 Å². The lowest BCUT2D eigenvalue weighted by Gasteiger charge is -2.49. The van der Waals surface area contributed by atoms with Crippen LogP contribution < -0.4 is 0 Å². The lowest BCUT2D eigenvalue weighted by molar-refractivity contribution is -0.178. The number of ether oxygens (including phenoxy) is 1. The van der Waals surface area contributed by atoms with Gasteiger partial charge in [-0.2, -0.15) is 0 Å². The molecule has 0 bridgehead atoms. The Morgan fingerprint density at radius 1 is 1.29 bits per heavy atom. The first-order valence-electron chi connectivity index (χ1n) is 9.05. The molecule has 4 heteroatoms. The lowest BCUT2D eigenvalue weighted by atomic mass is 9.74.